The Bertz CT molecular complexity index is 804. The van der Waals surface area contributed by atoms with E-state index in [1.54, 1.807) is 0 Å². The SMILES string of the molecule is O=c1cc(-c2ccccc2)nc(SCCOc2ccccc2)[nH]1. The fraction of sp³-hybridized carbons (Fsp3) is 0.111. The van der Waals surface area contributed by atoms with Crippen molar-refractivity contribution in [2.75, 3.05) is 12.4 Å². The molecule has 3 rings (SSSR count). The molecule has 0 aliphatic rings. The number of nitrogens with zero attached hydrogens (tertiary/aromatic N) is 1. The largest absolute Gasteiger partial charge is 0.493 e. The second kappa shape index (κ2) is 7.65. The minimum Gasteiger partial charge on any atom is -0.493 e. The lowest BCUT2D eigenvalue weighted by Crippen LogP contribution is -2.09. The summed E-state index contributed by atoms with van der Waals surface area (Å²) in [7, 11) is 0. The minimum atomic E-state index is -0.148. The lowest BCUT2D eigenvalue weighted by molar-refractivity contribution is 0.344. The number of aromatic nitrogens is 2. The maximum Gasteiger partial charge on any atom is 0.252 e. The monoisotopic (exact) mass is 324 g/mol. The number of benzene rings is 2. The van der Waals surface area contributed by atoms with Crippen molar-refractivity contribution in [1.82, 2.24) is 9.97 Å². The van der Waals surface area contributed by atoms with Crippen molar-refractivity contribution in [2.45, 2.75) is 5.16 Å². The quantitative estimate of drug-likeness (QED) is 0.427. The molecule has 0 fully saturated rings. The van der Waals surface area contributed by atoms with Crippen molar-refractivity contribution < 1.29 is 4.74 Å². The molecule has 0 unspecified atom stereocenters. The average Bonchev–Trinajstić information content (AvgIpc) is 2.60. The predicted octanol–water partition coefficient (Wildman–Crippen LogP) is 3.61. The van der Waals surface area contributed by atoms with Gasteiger partial charge in [0, 0.05) is 17.4 Å². The van der Waals surface area contributed by atoms with Gasteiger partial charge in [0.15, 0.2) is 5.16 Å². The zero-order valence-corrected chi connectivity index (χ0v) is 13.3. The number of nitrogens with one attached hydrogen (secondary N) is 1. The molecule has 0 spiro atoms. The van der Waals surface area contributed by atoms with Crippen LogP contribution in [-0.4, -0.2) is 22.3 Å². The zero-order valence-electron chi connectivity index (χ0n) is 12.4. The predicted molar refractivity (Wildman–Crippen MR) is 93.0 cm³/mol. The van der Waals surface area contributed by atoms with Crippen LogP contribution >= 0.6 is 11.8 Å². The molecular formula is C18H16N2O2S. The third-order valence-electron chi connectivity index (χ3n) is 3.12. The van der Waals surface area contributed by atoms with Crippen LogP contribution in [0.5, 0.6) is 5.75 Å². The molecule has 0 saturated carbocycles. The van der Waals surface area contributed by atoms with Crippen LogP contribution in [0.4, 0.5) is 0 Å². The van der Waals surface area contributed by atoms with Crippen LogP contribution < -0.4 is 10.3 Å². The number of ether oxygens (including phenoxy) is 1. The Morgan fingerprint density at radius 1 is 1.00 bits per heavy atom. The number of rotatable bonds is 6. The maximum absolute atomic E-state index is 11.8. The van der Waals surface area contributed by atoms with Gasteiger partial charge in [0.1, 0.15) is 5.75 Å². The summed E-state index contributed by atoms with van der Waals surface area (Å²) in [6, 6.07) is 20.8. The molecule has 0 aliphatic heterocycles. The van der Waals surface area contributed by atoms with Crippen LogP contribution in [0.2, 0.25) is 0 Å². The average molecular weight is 324 g/mol. The first-order chi connectivity index (χ1) is 11.3. The number of hydrogen-bond acceptors (Lipinski definition) is 4. The summed E-state index contributed by atoms with van der Waals surface area (Å²) in [5, 5.41) is 0.605. The van der Waals surface area contributed by atoms with Crippen LogP contribution in [-0.2, 0) is 0 Å². The summed E-state index contributed by atoms with van der Waals surface area (Å²) in [5.74, 6) is 1.54. The van der Waals surface area contributed by atoms with Gasteiger partial charge in [-0.1, -0.05) is 60.3 Å². The van der Waals surface area contributed by atoms with Crippen molar-refractivity contribution in [3.05, 3.63) is 77.1 Å². The lowest BCUT2D eigenvalue weighted by Gasteiger charge is -2.06. The van der Waals surface area contributed by atoms with Gasteiger partial charge in [0.05, 0.1) is 12.3 Å². The molecule has 5 heteroatoms. The Balaban J connectivity index is 1.62. The van der Waals surface area contributed by atoms with E-state index in [9.17, 15) is 4.79 Å². The van der Waals surface area contributed by atoms with Crippen LogP contribution in [0.1, 0.15) is 0 Å². The topological polar surface area (TPSA) is 55.0 Å². The number of thioether (sulfide) groups is 1. The zero-order chi connectivity index (χ0) is 15.9. The molecule has 1 N–H and O–H groups in total. The summed E-state index contributed by atoms with van der Waals surface area (Å²) in [6.45, 7) is 0.550. The fourth-order valence-corrected chi connectivity index (χ4v) is 2.77. The lowest BCUT2D eigenvalue weighted by atomic mass is 10.1. The third-order valence-corrected chi connectivity index (χ3v) is 3.96. The highest BCUT2D eigenvalue weighted by Crippen LogP contribution is 2.18. The molecule has 1 heterocycles. The van der Waals surface area contributed by atoms with Gasteiger partial charge >= 0.3 is 0 Å². The summed E-state index contributed by atoms with van der Waals surface area (Å²) in [5.41, 5.74) is 1.46. The van der Waals surface area contributed by atoms with Crippen LogP contribution in [0.15, 0.2) is 76.7 Å². The van der Waals surface area contributed by atoms with E-state index in [1.165, 1.54) is 17.8 Å². The highest BCUT2D eigenvalue weighted by atomic mass is 32.2. The molecule has 0 radical (unpaired) electrons. The van der Waals surface area contributed by atoms with Crippen LogP contribution in [0.3, 0.4) is 0 Å². The summed E-state index contributed by atoms with van der Waals surface area (Å²) < 4.78 is 5.63. The van der Waals surface area contributed by atoms with Gasteiger partial charge in [-0.15, -0.1) is 0 Å². The van der Waals surface area contributed by atoms with Gasteiger partial charge in [0.2, 0.25) is 0 Å². The van der Waals surface area contributed by atoms with Crippen molar-refractivity contribution in [1.29, 1.82) is 0 Å². The molecule has 0 saturated heterocycles. The summed E-state index contributed by atoms with van der Waals surface area (Å²) in [4.78, 5) is 19.1. The molecule has 23 heavy (non-hydrogen) atoms. The van der Waals surface area contributed by atoms with Crippen molar-refractivity contribution in [2.24, 2.45) is 0 Å². The molecular weight excluding hydrogens is 308 g/mol. The molecule has 2 aromatic carbocycles. The molecule has 0 amide bonds. The molecule has 3 aromatic rings. The molecule has 0 atom stereocenters. The smallest absolute Gasteiger partial charge is 0.252 e. The Kier molecular flexibility index (Phi) is 5.11. The Morgan fingerprint density at radius 2 is 1.70 bits per heavy atom. The van der Waals surface area contributed by atoms with Gasteiger partial charge < -0.3 is 9.72 Å². The second-order valence-electron chi connectivity index (χ2n) is 4.81. The number of H-pyrrole nitrogens is 1. The first kappa shape index (κ1) is 15.4. The number of para-hydroxylation sites is 1. The number of aromatic amines is 1. The third kappa shape index (κ3) is 4.47. The maximum atomic E-state index is 11.8. The first-order valence-corrected chi connectivity index (χ1v) is 8.27. The second-order valence-corrected chi connectivity index (χ2v) is 5.90. The van der Waals surface area contributed by atoms with E-state index in [1.807, 2.05) is 60.7 Å². The molecule has 4 nitrogen and oxygen atoms in total. The van der Waals surface area contributed by atoms with Gasteiger partial charge in [-0.3, -0.25) is 4.79 Å². The van der Waals surface area contributed by atoms with E-state index in [2.05, 4.69) is 9.97 Å². The standard InChI is InChI=1S/C18H16N2O2S/c21-17-13-16(14-7-3-1-4-8-14)19-18(20-17)23-12-11-22-15-9-5-2-6-10-15/h1-10,13H,11-12H2,(H,19,20,21). The fourth-order valence-electron chi connectivity index (χ4n) is 2.08. The van der Waals surface area contributed by atoms with Crippen molar-refractivity contribution >= 4 is 11.8 Å². The normalized spacial score (nSPS) is 10.4. The van der Waals surface area contributed by atoms with E-state index in [0.717, 1.165) is 11.3 Å². The summed E-state index contributed by atoms with van der Waals surface area (Å²) in [6.07, 6.45) is 0. The molecule has 1 aromatic heterocycles. The van der Waals surface area contributed by atoms with Crippen molar-refractivity contribution in [3.8, 4) is 17.0 Å². The Hall–Kier alpha value is -2.53. The van der Waals surface area contributed by atoms with E-state index in [0.29, 0.717) is 23.2 Å². The first-order valence-electron chi connectivity index (χ1n) is 7.29. The van der Waals surface area contributed by atoms with E-state index in [-0.39, 0.29) is 5.56 Å². The van der Waals surface area contributed by atoms with Gasteiger partial charge in [-0.2, -0.15) is 0 Å². The minimum absolute atomic E-state index is 0.148. The van der Waals surface area contributed by atoms with Gasteiger partial charge in [-0.25, -0.2) is 4.98 Å². The highest BCUT2D eigenvalue weighted by molar-refractivity contribution is 7.99. The van der Waals surface area contributed by atoms with E-state index >= 15 is 0 Å². The molecule has 0 aliphatic carbocycles. The molecule has 116 valence electrons. The van der Waals surface area contributed by atoms with E-state index in [4.69, 9.17) is 4.74 Å². The number of hydrogen-bond donors (Lipinski definition) is 1. The molecule has 0 bridgehead atoms. The Morgan fingerprint density at radius 3 is 2.43 bits per heavy atom. The van der Waals surface area contributed by atoms with E-state index < -0.39 is 0 Å². The van der Waals surface area contributed by atoms with Crippen LogP contribution in [0, 0.1) is 0 Å². The van der Waals surface area contributed by atoms with Gasteiger partial charge in [-0.05, 0) is 12.1 Å². The summed E-state index contributed by atoms with van der Waals surface area (Å²) >= 11 is 1.47. The van der Waals surface area contributed by atoms with Gasteiger partial charge in [0.25, 0.3) is 5.56 Å². The highest BCUT2D eigenvalue weighted by Gasteiger charge is 2.04. The van der Waals surface area contributed by atoms with Crippen LogP contribution in [0.25, 0.3) is 11.3 Å². The Labute approximate surface area is 138 Å². The van der Waals surface area contributed by atoms with Crippen molar-refractivity contribution in [3.63, 3.8) is 0 Å².